The Labute approximate surface area is 118 Å². The summed E-state index contributed by atoms with van der Waals surface area (Å²) in [4.78, 5) is 2.69. The minimum Gasteiger partial charge on any atom is -0.394 e. The molecule has 0 aromatic rings. The van der Waals surface area contributed by atoms with E-state index < -0.39 is 0 Å². The average molecular weight is 268 g/mol. The molecule has 19 heavy (non-hydrogen) atoms. The van der Waals surface area contributed by atoms with E-state index in [0.29, 0.717) is 12.5 Å². The van der Waals surface area contributed by atoms with Crippen molar-refractivity contribution in [1.82, 2.24) is 10.2 Å². The number of likely N-dealkylation sites (tertiary alicyclic amines) is 1. The summed E-state index contributed by atoms with van der Waals surface area (Å²) < 4.78 is 0. The van der Waals surface area contributed by atoms with E-state index in [4.69, 9.17) is 0 Å². The van der Waals surface area contributed by atoms with E-state index in [1.54, 1.807) is 0 Å². The quantitative estimate of drug-likeness (QED) is 0.744. The van der Waals surface area contributed by atoms with E-state index in [-0.39, 0.29) is 5.54 Å². The van der Waals surface area contributed by atoms with E-state index in [1.807, 2.05) is 0 Å². The fourth-order valence-electron chi connectivity index (χ4n) is 4.39. The number of likely N-dealkylation sites (N-methyl/N-ethyl adjacent to an activating group) is 1. The summed E-state index contributed by atoms with van der Waals surface area (Å²) in [6, 6.07) is 0.823. The van der Waals surface area contributed by atoms with Crippen LogP contribution in [0.15, 0.2) is 0 Å². The van der Waals surface area contributed by atoms with Crippen LogP contribution in [0.3, 0.4) is 0 Å². The van der Waals surface area contributed by atoms with Gasteiger partial charge in [-0.2, -0.15) is 0 Å². The Morgan fingerprint density at radius 2 is 2.11 bits per heavy atom. The Balaban J connectivity index is 1.87. The van der Waals surface area contributed by atoms with Crippen molar-refractivity contribution in [3.63, 3.8) is 0 Å². The highest BCUT2D eigenvalue weighted by atomic mass is 16.3. The fourth-order valence-corrected chi connectivity index (χ4v) is 4.39. The first-order valence-electron chi connectivity index (χ1n) is 8.35. The summed E-state index contributed by atoms with van der Waals surface area (Å²) in [6.45, 7) is 8.27. The van der Waals surface area contributed by atoms with Crippen LogP contribution in [-0.2, 0) is 0 Å². The van der Waals surface area contributed by atoms with Crippen molar-refractivity contribution in [2.24, 2.45) is 5.92 Å². The largest absolute Gasteiger partial charge is 0.394 e. The number of hydrogen-bond donors (Lipinski definition) is 2. The number of nitrogens with one attached hydrogen (secondary N) is 1. The molecule has 3 atom stereocenters. The summed E-state index contributed by atoms with van der Waals surface area (Å²) in [6.07, 6.45) is 9.03. The predicted molar refractivity (Wildman–Crippen MR) is 80.3 cm³/mol. The van der Waals surface area contributed by atoms with Gasteiger partial charge < -0.3 is 15.3 Å². The van der Waals surface area contributed by atoms with Crippen molar-refractivity contribution in [1.29, 1.82) is 0 Å². The molecule has 1 aliphatic heterocycles. The standard InChI is InChI=1S/C16H32N2O/c1-3-15-8-6-11-18(15)12-9-14-7-5-10-16(14,13-19)17-4-2/h14-15,17,19H,3-13H2,1-2H3. The second-order valence-corrected chi connectivity index (χ2v) is 6.46. The Morgan fingerprint density at radius 1 is 1.26 bits per heavy atom. The van der Waals surface area contributed by atoms with Crippen molar-refractivity contribution >= 4 is 0 Å². The third kappa shape index (κ3) is 3.32. The van der Waals surface area contributed by atoms with Crippen molar-refractivity contribution < 1.29 is 5.11 Å². The van der Waals surface area contributed by atoms with Gasteiger partial charge in [0, 0.05) is 11.6 Å². The average Bonchev–Trinajstić information content (AvgIpc) is 3.03. The zero-order valence-corrected chi connectivity index (χ0v) is 12.8. The molecule has 3 nitrogen and oxygen atoms in total. The molecule has 1 saturated heterocycles. The first kappa shape index (κ1) is 15.3. The van der Waals surface area contributed by atoms with E-state index in [1.165, 1.54) is 51.6 Å². The van der Waals surface area contributed by atoms with Gasteiger partial charge in [-0.05, 0) is 64.1 Å². The van der Waals surface area contributed by atoms with E-state index in [9.17, 15) is 5.11 Å². The molecule has 0 amide bonds. The van der Waals surface area contributed by atoms with Crippen molar-refractivity contribution in [2.45, 2.75) is 70.4 Å². The summed E-state index contributed by atoms with van der Waals surface area (Å²) in [5, 5.41) is 13.4. The highest BCUT2D eigenvalue weighted by Gasteiger charge is 2.41. The van der Waals surface area contributed by atoms with Crippen molar-refractivity contribution in [3.8, 4) is 0 Å². The lowest BCUT2D eigenvalue weighted by Gasteiger charge is -2.36. The maximum atomic E-state index is 9.83. The Morgan fingerprint density at radius 3 is 2.79 bits per heavy atom. The van der Waals surface area contributed by atoms with Crippen LogP contribution in [0.1, 0.15) is 58.8 Å². The van der Waals surface area contributed by atoms with Gasteiger partial charge in [-0.15, -0.1) is 0 Å². The van der Waals surface area contributed by atoms with Gasteiger partial charge in [0.05, 0.1) is 6.61 Å². The molecular formula is C16H32N2O. The maximum Gasteiger partial charge on any atom is 0.0616 e. The lowest BCUT2D eigenvalue weighted by Crippen LogP contribution is -2.52. The molecule has 0 aromatic heterocycles. The van der Waals surface area contributed by atoms with Crippen molar-refractivity contribution in [2.75, 3.05) is 26.2 Å². The first-order valence-corrected chi connectivity index (χ1v) is 8.35. The zero-order chi connectivity index (χ0) is 13.7. The molecule has 112 valence electrons. The zero-order valence-electron chi connectivity index (χ0n) is 12.8. The van der Waals surface area contributed by atoms with Crippen LogP contribution in [0.25, 0.3) is 0 Å². The molecule has 2 aliphatic rings. The summed E-state index contributed by atoms with van der Waals surface area (Å²) >= 11 is 0. The van der Waals surface area contributed by atoms with Gasteiger partial charge in [-0.1, -0.05) is 20.3 Å². The highest BCUT2D eigenvalue weighted by Crippen LogP contribution is 2.38. The number of hydrogen-bond acceptors (Lipinski definition) is 3. The molecule has 3 unspecified atom stereocenters. The molecule has 1 saturated carbocycles. The monoisotopic (exact) mass is 268 g/mol. The third-order valence-corrected chi connectivity index (χ3v) is 5.50. The van der Waals surface area contributed by atoms with E-state index in [0.717, 1.165) is 19.0 Å². The van der Waals surface area contributed by atoms with Gasteiger partial charge in [0.25, 0.3) is 0 Å². The second kappa shape index (κ2) is 7.05. The fraction of sp³-hybridized carbons (Fsp3) is 1.00. The molecule has 0 radical (unpaired) electrons. The lowest BCUT2D eigenvalue weighted by atomic mass is 9.85. The number of nitrogens with zero attached hydrogens (tertiary/aromatic N) is 1. The minimum atomic E-state index is 0.0240. The van der Waals surface area contributed by atoms with E-state index in [2.05, 4.69) is 24.1 Å². The van der Waals surface area contributed by atoms with Crippen LogP contribution in [0.5, 0.6) is 0 Å². The molecule has 0 aromatic carbocycles. The molecule has 1 aliphatic carbocycles. The van der Waals surface area contributed by atoms with Crippen LogP contribution in [0, 0.1) is 5.92 Å². The Bertz CT molecular complexity index is 271. The SMILES string of the molecule is CCNC1(CO)CCCC1CCN1CCCC1CC. The molecular weight excluding hydrogens is 236 g/mol. The van der Waals surface area contributed by atoms with Crippen LogP contribution < -0.4 is 5.32 Å². The van der Waals surface area contributed by atoms with Crippen LogP contribution >= 0.6 is 0 Å². The predicted octanol–water partition coefficient (Wildman–Crippen LogP) is 2.39. The van der Waals surface area contributed by atoms with Crippen LogP contribution in [0.4, 0.5) is 0 Å². The molecule has 2 N–H and O–H groups in total. The molecule has 1 heterocycles. The van der Waals surface area contributed by atoms with Crippen LogP contribution in [-0.4, -0.2) is 47.8 Å². The number of rotatable bonds is 7. The topological polar surface area (TPSA) is 35.5 Å². The lowest BCUT2D eigenvalue weighted by molar-refractivity contribution is 0.111. The molecule has 3 heteroatoms. The smallest absolute Gasteiger partial charge is 0.0616 e. The highest BCUT2D eigenvalue weighted by molar-refractivity contribution is 4.99. The van der Waals surface area contributed by atoms with Gasteiger partial charge in [0.15, 0.2) is 0 Å². The van der Waals surface area contributed by atoms with Gasteiger partial charge in [0.2, 0.25) is 0 Å². The van der Waals surface area contributed by atoms with Gasteiger partial charge in [-0.25, -0.2) is 0 Å². The summed E-state index contributed by atoms with van der Waals surface area (Å²) in [5.74, 6) is 0.663. The first-order chi connectivity index (χ1) is 9.25. The van der Waals surface area contributed by atoms with Crippen molar-refractivity contribution in [3.05, 3.63) is 0 Å². The summed E-state index contributed by atoms with van der Waals surface area (Å²) in [7, 11) is 0. The molecule has 0 spiro atoms. The Hall–Kier alpha value is -0.120. The van der Waals surface area contributed by atoms with Crippen LogP contribution in [0.2, 0.25) is 0 Å². The maximum absolute atomic E-state index is 9.83. The molecule has 0 bridgehead atoms. The van der Waals surface area contributed by atoms with Gasteiger partial charge >= 0.3 is 0 Å². The Kier molecular flexibility index (Phi) is 5.67. The number of aliphatic hydroxyl groups excluding tert-OH is 1. The number of aliphatic hydroxyl groups is 1. The second-order valence-electron chi connectivity index (χ2n) is 6.46. The van der Waals surface area contributed by atoms with Gasteiger partial charge in [-0.3, -0.25) is 0 Å². The molecule has 2 fully saturated rings. The minimum absolute atomic E-state index is 0.0240. The molecule has 2 rings (SSSR count). The van der Waals surface area contributed by atoms with Gasteiger partial charge in [0.1, 0.15) is 0 Å². The summed E-state index contributed by atoms with van der Waals surface area (Å²) in [5.41, 5.74) is 0.0240. The normalized spacial score (nSPS) is 36.2. The van der Waals surface area contributed by atoms with E-state index >= 15 is 0 Å². The third-order valence-electron chi connectivity index (χ3n) is 5.50.